The van der Waals surface area contributed by atoms with E-state index in [9.17, 15) is 0 Å². The molecule has 0 N–H and O–H groups in total. The smallest absolute Gasteiger partial charge is 0.301 e. The van der Waals surface area contributed by atoms with E-state index in [0.29, 0.717) is 0 Å². The zero-order chi connectivity index (χ0) is 12.3. The van der Waals surface area contributed by atoms with Gasteiger partial charge in [0.2, 0.25) is 0 Å². The van der Waals surface area contributed by atoms with Gasteiger partial charge < -0.3 is 13.7 Å². The molecule has 0 aliphatic carbocycles. The lowest BCUT2D eigenvalue weighted by molar-refractivity contribution is 0.397. The maximum atomic E-state index is 2.36. The molecule has 0 spiro atoms. The van der Waals surface area contributed by atoms with Gasteiger partial charge in [-0.2, -0.15) is 0 Å². The topological polar surface area (TPSA) is 9.72 Å². The van der Waals surface area contributed by atoms with Gasteiger partial charge in [0.25, 0.3) is 0 Å². The molecule has 1 rings (SSSR count). The zero-order valence-corrected chi connectivity index (χ0v) is 12.2. The third kappa shape index (κ3) is 2.06. The van der Waals surface area contributed by atoms with E-state index in [1.165, 1.54) is 5.19 Å². The maximum absolute atomic E-state index is 2.36. The van der Waals surface area contributed by atoms with Crippen LogP contribution < -0.4 is 5.19 Å². The number of nitrogens with zero attached hydrogens (tertiary/aromatic N) is 3. The third-order valence-corrected chi connectivity index (χ3v) is 7.88. The van der Waals surface area contributed by atoms with Crippen molar-refractivity contribution in [2.24, 2.45) is 0 Å². The molecule has 4 heteroatoms. The minimum Gasteiger partial charge on any atom is -0.301 e. The summed E-state index contributed by atoms with van der Waals surface area (Å²) in [5.41, 5.74) is 0. The second kappa shape index (κ2) is 5.10. The molecule has 0 unspecified atom stereocenters. The highest BCUT2D eigenvalue weighted by Crippen LogP contribution is 2.12. The summed E-state index contributed by atoms with van der Waals surface area (Å²) in [4.78, 5) is 0. The Balaban J connectivity index is 3.34. The highest BCUT2D eigenvalue weighted by Gasteiger charge is 2.44. The van der Waals surface area contributed by atoms with Gasteiger partial charge in [0.05, 0.1) is 0 Å². The fourth-order valence-electron chi connectivity index (χ4n) is 2.64. The van der Waals surface area contributed by atoms with Crippen LogP contribution in [0.1, 0.15) is 0 Å². The Bertz CT molecular complexity index is 301. The Kier molecular flexibility index (Phi) is 4.26. The van der Waals surface area contributed by atoms with Crippen LogP contribution in [0.3, 0.4) is 0 Å². The lowest BCUT2D eigenvalue weighted by atomic mass is 10.4. The lowest BCUT2D eigenvalue weighted by Crippen LogP contribution is -2.76. The zero-order valence-electron chi connectivity index (χ0n) is 11.2. The first-order valence-corrected chi connectivity index (χ1v) is 7.36. The minimum atomic E-state index is -1.90. The quantitative estimate of drug-likeness (QED) is 0.707. The molecule has 0 fully saturated rings. The molecule has 0 aliphatic heterocycles. The summed E-state index contributed by atoms with van der Waals surface area (Å²) in [6.07, 6.45) is 0. The van der Waals surface area contributed by atoms with Crippen molar-refractivity contribution < 1.29 is 0 Å². The van der Waals surface area contributed by atoms with Crippen LogP contribution in [-0.4, -0.2) is 64.5 Å². The molecular formula is C12H23N3Si. The van der Waals surface area contributed by atoms with Gasteiger partial charge in [0.1, 0.15) is 0 Å². The third-order valence-electron chi connectivity index (χ3n) is 3.03. The van der Waals surface area contributed by atoms with Crippen LogP contribution >= 0.6 is 0 Å². The normalized spacial score (nSPS) is 12.8. The molecule has 0 radical (unpaired) electrons. The van der Waals surface area contributed by atoms with Crippen LogP contribution in [0.2, 0.25) is 0 Å². The van der Waals surface area contributed by atoms with Crippen LogP contribution in [0.25, 0.3) is 0 Å². The van der Waals surface area contributed by atoms with Crippen molar-refractivity contribution in [1.29, 1.82) is 0 Å². The fourth-order valence-corrected chi connectivity index (χ4v) is 7.23. The SMILES string of the molecule is CN(C)[Si](c1ccccc1)(N(C)C)N(C)C. The first kappa shape index (κ1) is 13.4. The highest BCUT2D eigenvalue weighted by molar-refractivity contribution is 6.84. The van der Waals surface area contributed by atoms with Gasteiger partial charge in [-0.1, -0.05) is 30.3 Å². The van der Waals surface area contributed by atoms with Crippen molar-refractivity contribution in [1.82, 2.24) is 13.7 Å². The van der Waals surface area contributed by atoms with Crippen LogP contribution in [-0.2, 0) is 0 Å². The summed E-state index contributed by atoms with van der Waals surface area (Å²) in [6, 6.07) is 10.8. The van der Waals surface area contributed by atoms with E-state index in [1.54, 1.807) is 0 Å². The van der Waals surface area contributed by atoms with Crippen LogP contribution in [0, 0.1) is 0 Å². The molecule has 0 atom stereocenters. The molecule has 0 amide bonds. The van der Waals surface area contributed by atoms with Crippen molar-refractivity contribution in [3.8, 4) is 0 Å². The molecule has 0 aromatic heterocycles. The van der Waals surface area contributed by atoms with Crippen molar-refractivity contribution in [3.63, 3.8) is 0 Å². The maximum Gasteiger partial charge on any atom is 0.322 e. The Morgan fingerprint density at radius 3 is 1.38 bits per heavy atom. The van der Waals surface area contributed by atoms with E-state index < -0.39 is 8.56 Å². The summed E-state index contributed by atoms with van der Waals surface area (Å²) in [6.45, 7) is 0. The number of hydrogen-bond donors (Lipinski definition) is 0. The largest absolute Gasteiger partial charge is 0.322 e. The van der Waals surface area contributed by atoms with Crippen molar-refractivity contribution in [2.75, 3.05) is 42.3 Å². The fraction of sp³-hybridized carbons (Fsp3) is 0.500. The molecule has 0 saturated carbocycles. The van der Waals surface area contributed by atoms with Gasteiger partial charge in [-0.25, -0.2) is 0 Å². The number of hydrogen-bond acceptors (Lipinski definition) is 3. The van der Waals surface area contributed by atoms with E-state index in [2.05, 4.69) is 86.3 Å². The highest BCUT2D eigenvalue weighted by atomic mass is 28.4. The second-order valence-corrected chi connectivity index (χ2v) is 9.22. The summed E-state index contributed by atoms with van der Waals surface area (Å²) in [5.74, 6) is 0. The van der Waals surface area contributed by atoms with Gasteiger partial charge in [-0.3, -0.25) is 0 Å². The number of rotatable bonds is 4. The minimum absolute atomic E-state index is 1.41. The van der Waals surface area contributed by atoms with Gasteiger partial charge in [-0.05, 0) is 47.5 Å². The molecule has 1 aromatic carbocycles. The van der Waals surface area contributed by atoms with E-state index >= 15 is 0 Å². The first-order valence-electron chi connectivity index (χ1n) is 5.51. The summed E-state index contributed by atoms with van der Waals surface area (Å²) in [7, 11) is 11.1. The van der Waals surface area contributed by atoms with Crippen LogP contribution in [0.4, 0.5) is 0 Å². The average Bonchev–Trinajstić information content (AvgIpc) is 2.18. The lowest BCUT2D eigenvalue weighted by Gasteiger charge is -2.46. The Labute approximate surface area is 101 Å². The molecule has 0 aliphatic rings. The molecule has 90 valence electrons. The van der Waals surface area contributed by atoms with Gasteiger partial charge in [0.15, 0.2) is 0 Å². The van der Waals surface area contributed by atoms with E-state index in [-0.39, 0.29) is 0 Å². The molecule has 1 aromatic rings. The average molecular weight is 237 g/mol. The molecule has 16 heavy (non-hydrogen) atoms. The van der Waals surface area contributed by atoms with E-state index in [0.717, 1.165) is 0 Å². The molecular weight excluding hydrogens is 214 g/mol. The Morgan fingerprint density at radius 2 is 1.06 bits per heavy atom. The van der Waals surface area contributed by atoms with Crippen molar-refractivity contribution in [3.05, 3.63) is 30.3 Å². The van der Waals surface area contributed by atoms with Crippen molar-refractivity contribution in [2.45, 2.75) is 0 Å². The van der Waals surface area contributed by atoms with Crippen LogP contribution in [0.5, 0.6) is 0 Å². The molecule has 0 bridgehead atoms. The second-order valence-electron chi connectivity index (χ2n) is 4.68. The van der Waals surface area contributed by atoms with Crippen molar-refractivity contribution >= 4 is 13.7 Å². The molecule has 3 nitrogen and oxygen atoms in total. The predicted octanol–water partition coefficient (Wildman–Crippen LogP) is 0.517. The van der Waals surface area contributed by atoms with Gasteiger partial charge >= 0.3 is 8.56 Å². The Hall–Kier alpha value is -0.683. The summed E-state index contributed by atoms with van der Waals surface area (Å²) in [5, 5.41) is 1.41. The first-order chi connectivity index (χ1) is 7.44. The van der Waals surface area contributed by atoms with Crippen LogP contribution in [0.15, 0.2) is 30.3 Å². The number of benzene rings is 1. The summed E-state index contributed by atoms with van der Waals surface area (Å²) < 4.78 is 7.09. The molecule has 0 saturated heterocycles. The predicted molar refractivity (Wildman–Crippen MR) is 72.9 cm³/mol. The van der Waals surface area contributed by atoms with E-state index in [4.69, 9.17) is 0 Å². The van der Waals surface area contributed by atoms with Gasteiger partial charge in [0, 0.05) is 0 Å². The van der Waals surface area contributed by atoms with Gasteiger partial charge in [-0.15, -0.1) is 0 Å². The standard InChI is InChI=1S/C12H23N3Si/c1-13(2)16(14(3)4,15(5)6)12-10-8-7-9-11-12/h7-11H,1-6H3. The van der Waals surface area contributed by atoms with E-state index in [1.807, 2.05) is 0 Å². The Morgan fingerprint density at radius 1 is 0.688 bits per heavy atom. The summed E-state index contributed by atoms with van der Waals surface area (Å²) >= 11 is 0. The molecule has 0 heterocycles. The monoisotopic (exact) mass is 237 g/mol.